The molecule has 0 aromatic rings. The molecule has 11 heavy (non-hydrogen) atoms. The minimum absolute atomic E-state index is 0.319. The highest BCUT2D eigenvalue weighted by Crippen LogP contribution is 2.20. The van der Waals surface area contributed by atoms with Crippen LogP contribution in [0.1, 0.15) is 32.6 Å². The lowest BCUT2D eigenvalue weighted by Gasteiger charge is -2.15. The zero-order valence-electron chi connectivity index (χ0n) is 7.09. The van der Waals surface area contributed by atoms with Crippen molar-refractivity contribution in [1.29, 1.82) is 0 Å². The fraction of sp³-hybridized carbons (Fsp3) is 0.600. The van der Waals surface area contributed by atoms with Gasteiger partial charge in [-0.1, -0.05) is 18.2 Å². The van der Waals surface area contributed by atoms with E-state index in [0.29, 0.717) is 0 Å². The summed E-state index contributed by atoms with van der Waals surface area (Å²) in [6, 6.07) is 0. The molecule has 0 heterocycles. The lowest BCUT2D eigenvalue weighted by atomic mass is 9.95. The average Bonchev–Trinajstić information content (AvgIpc) is 2.07. The molecule has 0 aromatic carbocycles. The lowest BCUT2D eigenvalue weighted by Crippen LogP contribution is -2.08. The Bertz CT molecular complexity index is 168. The first-order valence-electron chi connectivity index (χ1n) is 4.34. The van der Waals surface area contributed by atoms with Crippen LogP contribution in [0.25, 0.3) is 0 Å². The molecular formula is C10H16O. The van der Waals surface area contributed by atoms with Gasteiger partial charge in [0.1, 0.15) is 0 Å². The summed E-state index contributed by atoms with van der Waals surface area (Å²) in [6.07, 6.45) is 10.3. The Balaban J connectivity index is 2.50. The highest BCUT2D eigenvalue weighted by molar-refractivity contribution is 5.16. The minimum Gasteiger partial charge on any atom is -0.385 e. The number of allylic oxidation sites excluding steroid dienone is 2. The Hall–Kier alpha value is -0.560. The summed E-state index contributed by atoms with van der Waals surface area (Å²) in [7, 11) is 0. The second-order valence-corrected chi connectivity index (χ2v) is 3.00. The van der Waals surface area contributed by atoms with Crippen molar-refractivity contribution in [2.45, 2.75) is 38.7 Å². The Morgan fingerprint density at radius 2 is 2.36 bits per heavy atom. The SMILES string of the molecule is C/C=C/C(O)C1=CCCCC1. The van der Waals surface area contributed by atoms with Crippen LogP contribution in [0.3, 0.4) is 0 Å². The van der Waals surface area contributed by atoms with E-state index < -0.39 is 0 Å². The molecule has 0 bridgehead atoms. The van der Waals surface area contributed by atoms with E-state index in [9.17, 15) is 5.11 Å². The van der Waals surface area contributed by atoms with Gasteiger partial charge in [0.05, 0.1) is 6.10 Å². The summed E-state index contributed by atoms with van der Waals surface area (Å²) in [5.41, 5.74) is 1.20. The van der Waals surface area contributed by atoms with Crippen LogP contribution in [0.4, 0.5) is 0 Å². The van der Waals surface area contributed by atoms with Crippen molar-refractivity contribution in [3.05, 3.63) is 23.8 Å². The molecule has 1 aliphatic rings. The van der Waals surface area contributed by atoms with Gasteiger partial charge in [0.15, 0.2) is 0 Å². The second-order valence-electron chi connectivity index (χ2n) is 3.00. The first kappa shape index (κ1) is 8.54. The van der Waals surface area contributed by atoms with Gasteiger partial charge in [-0.05, 0) is 38.2 Å². The normalized spacial score (nSPS) is 21.8. The maximum Gasteiger partial charge on any atom is 0.0931 e. The maximum absolute atomic E-state index is 9.52. The molecule has 0 aromatic heterocycles. The van der Waals surface area contributed by atoms with Crippen LogP contribution in [0.5, 0.6) is 0 Å². The number of aliphatic hydroxyl groups is 1. The zero-order valence-corrected chi connectivity index (χ0v) is 7.09. The van der Waals surface area contributed by atoms with Gasteiger partial charge in [0.2, 0.25) is 0 Å². The van der Waals surface area contributed by atoms with Gasteiger partial charge < -0.3 is 5.11 Å². The Morgan fingerprint density at radius 1 is 1.55 bits per heavy atom. The van der Waals surface area contributed by atoms with Crippen molar-refractivity contribution in [3.63, 3.8) is 0 Å². The number of hydrogen-bond acceptors (Lipinski definition) is 1. The van der Waals surface area contributed by atoms with E-state index in [2.05, 4.69) is 6.08 Å². The van der Waals surface area contributed by atoms with E-state index in [4.69, 9.17) is 0 Å². The van der Waals surface area contributed by atoms with Crippen LogP contribution in [0, 0.1) is 0 Å². The smallest absolute Gasteiger partial charge is 0.0931 e. The van der Waals surface area contributed by atoms with Gasteiger partial charge in [-0.3, -0.25) is 0 Å². The second kappa shape index (κ2) is 4.35. The summed E-state index contributed by atoms with van der Waals surface area (Å²) in [4.78, 5) is 0. The average molecular weight is 152 g/mol. The van der Waals surface area contributed by atoms with E-state index in [1.165, 1.54) is 18.4 Å². The molecule has 1 rings (SSSR count). The number of rotatable bonds is 2. The molecule has 0 amide bonds. The van der Waals surface area contributed by atoms with E-state index in [1.54, 1.807) is 0 Å². The first-order chi connectivity index (χ1) is 5.34. The highest BCUT2D eigenvalue weighted by Gasteiger charge is 2.09. The third-order valence-corrected chi connectivity index (χ3v) is 2.08. The molecule has 62 valence electrons. The molecule has 0 spiro atoms. The van der Waals surface area contributed by atoms with E-state index >= 15 is 0 Å². The molecule has 1 nitrogen and oxygen atoms in total. The molecular weight excluding hydrogens is 136 g/mol. The fourth-order valence-corrected chi connectivity index (χ4v) is 1.44. The van der Waals surface area contributed by atoms with Gasteiger partial charge >= 0.3 is 0 Å². The molecule has 0 radical (unpaired) electrons. The van der Waals surface area contributed by atoms with Crippen molar-refractivity contribution in [1.82, 2.24) is 0 Å². The summed E-state index contributed by atoms with van der Waals surface area (Å²) < 4.78 is 0. The monoisotopic (exact) mass is 152 g/mol. The minimum atomic E-state index is -0.319. The molecule has 1 aliphatic carbocycles. The Kier molecular flexibility index (Phi) is 3.37. The summed E-state index contributed by atoms with van der Waals surface area (Å²) in [5.74, 6) is 0. The summed E-state index contributed by atoms with van der Waals surface area (Å²) in [5, 5.41) is 9.52. The van der Waals surface area contributed by atoms with Gasteiger partial charge in [-0.25, -0.2) is 0 Å². The predicted octanol–water partition coefficient (Wildman–Crippen LogP) is 2.42. The maximum atomic E-state index is 9.52. The number of hydrogen-bond donors (Lipinski definition) is 1. The van der Waals surface area contributed by atoms with Crippen LogP contribution in [-0.2, 0) is 0 Å². The van der Waals surface area contributed by atoms with E-state index in [1.807, 2.05) is 19.1 Å². The molecule has 1 unspecified atom stereocenters. The van der Waals surface area contributed by atoms with Crippen LogP contribution in [0.15, 0.2) is 23.8 Å². The first-order valence-corrected chi connectivity index (χ1v) is 4.34. The van der Waals surface area contributed by atoms with Gasteiger partial charge in [0, 0.05) is 0 Å². The topological polar surface area (TPSA) is 20.2 Å². The molecule has 0 aliphatic heterocycles. The van der Waals surface area contributed by atoms with E-state index in [-0.39, 0.29) is 6.10 Å². The lowest BCUT2D eigenvalue weighted by molar-refractivity contribution is 0.251. The van der Waals surface area contributed by atoms with Crippen LogP contribution >= 0.6 is 0 Å². The zero-order chi connectivity index (χ0) is 8.10. The van der Waals surface area contributed by atoms with Crippen molar-refractivity contribution >= 4 is 0 Å². The van der Waals surface area contributed by atoms with Gasteiger partial charge in [-0.2, -0.15) is 0 Å². The molecule has 0 fully saturated rings. The molecule has 1 heteroatoms. The van der Waals surface area contributed by atoms with E-state index in [0.717, 1.165) is 12.8 Å². The molecule has 0 saturated heterocycles. The fourth-order valence-electron chi connectivity index (χ4n) is 1.44. The van der Waals surface area contributed by atoms with Crippen molar-refractivity contribution in [2.24, 2.45) is 0 Å². The predicted molar refractivity (Wildman–Crippen MR) is 47.4 cm³/mol. The van der Waals surface area contributed by atoms with Crippen LogP contribution < -0.4 is 0 Å². The van der Waals surface area contributed by atoms with Crippen molar-refractivity contribution in [3.8, 4) is 0 Å². The molecule has 1 atom stereocenters. The third-order valence-electron chi connectivity index (χ3n) is 2.08. The third kappa shape index (κ3) is 2.51. The van der Waals surface area contributed by atoms with Crippen LogP contribution in [-0.4, -0.2) is 11.2 Å². The van der Waals surface area contributed by atoms with Crippen molar-refractivity contribution in [2.75, 3.05) is 0 Å². The summed E-state index contributed by atoms with van der Waals surface area (Å²) >= 11 is 0. The van der Waals surface area contributed by atoms with Gasteiger partial charge in [0.25, 0.3) is 0 Å². The number of aliphatic hydroxyl groups excluding tert-OH is 1. The quantitative estimate of drug-likeness (QED) is 0.602. The van der Waals surface area contributed by atoms with Crippen molar-refractivity contribution < 1.29 is 5.11 Å². The summed E-state index contributed by atoms with van der Waals surface area (Å²) in [6.45, 7) is 1.94. The standard InChI is InChI=1S/C10H16O/c1-2-6-10(11)9-7-4-3-5-8-9/h2,6-7,10-11H,3-5,8H2,1H3/b6-2+. The van der Waals surface area contributed by atoms with Gasteiger partial charge in [-0.15, -0.1) is 0 Å². The largest absolute Gasteiger partial charge is 0.385 e. The Morgan fingerprint density at radius 3 is 2.91 bits per heavy atom. The van der Waals surface area contributed by atoms with Crippen LogP contribution in [0.2, 0.25) is 0 Å². The molecule has 1 N–H and O–H groups in total. The highest BCUT2D eigenvalue weighted by atomic mass is 16.3. The molecule has 0 saturated carbocycles. The Labute approximate surface area is 68.4 Å².